The van der Waals surface area contributed by atoms with Gasteiger partial charge in [0.05, 0.1) is 0 Å². The molecule has 2 aromatic carbocycles. The fourth-order valence-electron chi connectivity index (χ4n) is 2.95. The Bertz CT molecular complexity index is 568. The summed E-state index contributed by atoms with van der Waals surface area (Å²) >= 11 is 0. The van der Waals surface area contributed by atoms with Crippen LogP contribution in [0.3, 0.4) is 0 Å². The fraction of sp³-hybridized carbons (Fsp3) is 0.333. The van der Waals surface area contributed by atoms with Crippen LogP contribution in [0.4, 0.5) is 0 Å². The molecule has 2 atom stereocenters. The largest absolute Gasteiger partial charge is 0.488 e. The van der Waals surface area contributed by atoms with Gasteiger partial charge in [0, 0.05) is 12.5 Å². The summed E-state index contributed by atoms with van der Waals surface area (Å²) in [6.45, 7) is 2.14. The first-order chi connectivity index (χ1) is 9.76. The van der Waals surface area contributed by atoms with Gasteiger partial charge in [-0.2, -0.15) is 0 Å². The van der Waals surface area contributed by atoms with Crippen LogP contribution in [0.5, 0.6) is 5.75 Å². The SMILES string of the molecule is CNC(Cc1cccc(C)c1)C1Cc2ccccc2O1. The van der Waals surface area contributed by atoms with Gasteiger partial charge in [-0.25, -0.2) is 0 Å². The van der Waals surface area contributed by atoms with Crippen LogP contribution < -0.4 is 10.1 Å². The van der Waals surface area contributed by atoms with Crippen LogP contribution in [0.25, 0.3) is 0 Å². The van der Waals surface area contributed by atoms with Crippen LogP contribution in [0.1, 0.15) is 16.7 Å². The molecule has 0 aliphatic carbocycles. The molecule has 1 N–H and O–H groups in total. The van der Waals surface area contributed by atoms with Crippen molar-refractivity contribution in [2.75, 3.05) is 7.05 Å². The Morgan fingerprint density at radius 3 is 2.80 bits per heavy atom. The van der Waals surface area contributed by atoms with E-state index in [1.165, 1.54) is 16.7 Å². The molecular formula is C18H21NO. The van der Waals surface area contributed by atoms with Crippen molar-refractivity contribution >= 4 is 0 Å². The highest BCUT2D eigenvalue weighted by Crippen LogP contribution is 2.30. The van der Waals surface area contributed by atoms with Crippen molar-refractivity contribution in [2.24, 2.45) is 0 Å². The van der Waals surface area contributed by atoms with Crippen LogP contribution in [-0.2, 0) is 12.8 Å². The fourth-order valence-corrected chi connectivity index (χ4v) is 2.95. The summed E-state index contributed by atoms with van der Waals surface area (Å²) in [5.74, 6) is 1.04. The highest BCUT2D eigenvalue weighted by atomic mass is 16.5. The quantitative estimate of drug-likeness (QED) is 0.919. The van der Waals surface area contributed by atoms with Gasteiger partial charge in [-0.15, -0.1) is 0 Å². The first kappa shape index (κ1) is 13.2. The van der Waals surface area contributed by atoms with E-state index in [0.717, 1.165) is 18.6 Å². The van der Waals surface area contributed by atoms with E-state index in [1.807, 2.05) is 13.1 Å². The first-order valence-corrected chi connectivity index (χ1v) is 7.23. The lowest BCUT2D eigenvalue weighted by atomic mass is 9.97. The molecule has 0 fully saturated rings. The molecular weight excluding hydrogens is 246 g/mol. The van der Waals surface area contributed by atoms with Gasteiger partial charge in [0.2, 0.25) is 0 Å². The third-order valence-electron chi connectivity index (χ3n) is 4.03. The van der Waals surface area contributed by atoms with Crippen LogP contribution >= 0.6 is 0 Å². The van der Waals surface area contributed by atoms with E-state index in [4.69, 9.17) is 4.74 Å². The maximum Gasteiger partial charge on any atom is 0.123 e. The second-order valence-electron chi connectivity index (χ2n) is 5.56. The second kappa shape index (κ2) is 5.68. The minimum atomic E-state index is 0.220. The molecule has 0 amide bonds. The molecule has 0 saturated carbocycles. The van der Waals surface area contributed by atoms with Crippen LogP contribution in [-0.4, -0.2) is 19.2 Å². The molecule has 1 heterocycles. The van der Waals surface area contributed by atoms with E-state index in [0.29, 0.717) is 6.04 Å². The lowest BCUT2D eigenvalue weighted by molar-refractivity contribution is 0.182. The van der Waals surface area contributed by atoms with E-state index >= 15 is 0 Å². The van der Waals surface area contributed by atoms with Crippen LogP contribution in [0.15, 0.2) is 48.5 Å². The molecule has 2 nitrogen and oxygen atoms in total. The molecule has 0 radical (unpaired) electrons. The number of ether oxygens (including phenoxy) is 1. The van der Waals surface area contributed by atoms with Crippen molar-refractivity contribution < 1.29 is 4.74 Å². The number of hydrogen-bond acceptors (Lipinski definition) is 2. The van der Waals surface area contributed by atoms with Crippen molar-refractivity contribution in [2.45, 2.75) is 31.9 Å². The van der Waals surface area contributed by atoms with Crippen molar-refractivity contribution in [1.29, 1.82) is 0 Å². The summed E-state index contributed by atoms with van der Waals surface area (Å²) in [5, 5.41) is 3.42. The average Bonchev–Trinajstić information content (AvgIpc) is 2.88. The highest BCUT2D eigenvalue weighted by Gasteiger charge is 2.29. The molecule has 1 aliphatic rings. The summed E-state index contributed by atoms with van der Waals surface area (Å²) in [6, 6.07) is 17.4. The Balaban J connectivity index is 1.72. The van der Waals surface area contributed by atoms with Gasteiger partial charge in [0.25, 0.3) is 0 Å². The van der Waals surface area contributed by atoms with E-state index in [9.17, 15) is 0 Å². The number of benzene rings is 2. The standard InChI is InChI=1S/C18H21NO/c1-13-6-5-7-14(10-13)11-16(19-2)18-12-15-8-3-4-9-17(15)20-18/h3-10,16,18-19H,11-12H2,1-2H3. The molecule has 0 saturated heterocycles. The number of aryl methyl sites for hydroxylation is 1. The van der Waals surface area contributed by atoms with Gasteiger partial charge in [-0.1, -0.05) is 48.0 Å². The van der Waals surface area contributed by atoms with Crippen LogP contribution in [0.2, 0.25) is 0 Å². The Morgan fingerprint density at radius 1 is 1.20 bits per heavy atom. The number of nitrogens with one attached hydrogen (secondary N) is 1. The predicted molar refractivity (Wildman–Crippen MR) is 82.3 cm³/mol. The van der Waals surface area contributed by atoms with Crippen molar-refractivity contribution in [3.05, 3.63) is 65.2 Å². The van der Waals surface area contributed by atoms with Crippen molar-refractivity contribution in [3.63, 3.8) is 0 Å². The molecule has 3 rings (SSSR count). The first-order valence-electron chi connectivity index (χ1n) is 7.23. The molecule has 2 heteroatoms. The van der Waals surface area contributed by atoms with E-state index in [-0.39, 0.29) is 6.10 Å². The average molecular weight is 267 g/mol. The highest BCUT2D eigenvalue weighted by molar-refractivity contribution is 5.38. The molecule has 0 spiro atoms. The Kier molecular flexibility index (Phi) is 3.75. The smallest absolute Gasteiger partial charge is 0.123 e. The second-order valence-corrected chi connectivity index (χ2v) is 5.56. The Morgan fingerprint density at radius 2 is 2.05 bits per heavy atom. The summed E-state index contributed by atoms with van der Waals surface area (Å²) in [6.07, 6.45) is 2.21. The van der Waals surface area contributed by atoms with Gasteiger partial charge in [0.15, 0.2) is 0 Å². The predicted octanol–water partition coefficient (Wildman–Crippen LogP) is 3.13. The van der Waals surface area contributed by atoms with E-state index < -0.39 is 0 Å². The summed E-state index contributed by atoms with van der Waals surface area (Å²) in [7, 11) is 2.02. The Hall–Kier alpha value is -1.80. The number of para-hydroxylation sites is 1. The molecule has 1 aliphatic heterocycles. The van der Waals surface area contributed by atoms with Gasteiger partial charge in [-0.05, 0) is 37.6 Å². The minimum Gasteiger partial charge on any atom is -0.488 e. The van der Waals surface area contributed by atoms with Gasteiger partial charge >= 0.3 is 0 Å². The zero-order valence-electron chi connectivity index (χ0n) is 12.1. The normalized spacial score (nSPS) is 18.4. The summed E-state index contributed by atoms with van der Waals surface area (Å²) in [4.78, 5) is 0. The molecule has 2 unspecified atom stereocenters. The molecule has 0 aromatic heterocycles. The molecule has 104 valence electrons. The van der Waals surface area contributed by atoms with E-state index in [1.54, 1.807) is 0 Å². The topological polar surface area (TPSA) is 21.3 Å². The van der Waals surface area contributed by atoms with E-state index in [2.05, 4.69) is 54.7 Å². The summed E-state index contributed by atoms with van der Waals surface area (Å²) in [5.41, 5.74) is 4.00. The lowest BCUT2D eigenvalue weighted by Gasteiger charge is -2.23. The lowest BCUT2D eigenvalue weighted by Crippen LogP contribution is -2.42. The molecule has 2 aromatic rings. The van der Waals surface area contributed by atoms with Crippen molar-refractivity contribution in [3.8, 4) is 5.75 Å². The van der Waals surface area contributed by atoms with Gasteiger partial charge in [0.1, 0.15) is 11.9 Å². The zero-order chi connectivity index (χ0) is 13.9. The molecule has 0 bridgehead atoms. The van der Waals surface area contributed by atoms with Gasteiger partial charge < -0.3 is 10.1 Å². The number of likely N-dealkylation sites (N-methyl/N-ethyl adjacent to an activating group) is 1. The van der Waals surface area contributed by atoms with Gasteiger partial charge in [-0.3, -0.25) is 0 Å². The Labute approximate surface area is 120 Å². The molecule has 20 heavy (non-hydrogen) atoms. The number of rotatable bonds is 4. The van der Waals surface area contributed by atoms with Crippen molar-refractivity contribution in [1.82, 2.24) is 5.32 Å². The monoisotopic (exact) mass is 267 g/mol. The zero-order valence-corrected chi connectivity index (χ0v) is 12.1. The maximum absolute atomic E-state index is 6.10. The maximum atomic E-state index is 6.10. The number of fused-ring (bicyclic) bond motifs is 1. The number of hydrogen-bond donors (Lipinski definition) is 1. The third-order valence-corrected chi connectivity index (χ3v) is 4.03. The third kappa shape index (κ3) is 2.70. The van der Waals surface area contributed by atoms with Crippen LogP contribution in [0, 0.1) is 6.92 Å². The summed E-state index contributed by atoms with van der Waals surface area (Å²) < 4.78 is 6.10. The minimum absolute atomic E-state index is 0.220.